The molecule has 0 saturated heterocycles. The number of nitrogens with one attached hydrogen (secondary N) is 1. The monoisotopic (exact) mass is 182 g/mol. The molecular weight excluding hydrogens is 160 g/mol. The van der Waals surface area contributed by atoms with Crippen molar-refractivity contribution in [3.63, 3.8) is 0 Å². The van der Waals surface area contributed by atoms with Crippen LogP contribution in [-0.4, -0.2) is 19.1 Å². The van der Waals surface area contributed by atoms with Crippen LogP contribution in [0.15, 0.2) is 0 Å². The molecular formula is C11H22N2. The molecule has 0 aliphatic heterocycles. The van der Waals surface area contributed by atoms with E-state index in [9.17, 15) is 0 Å². The van der Waals surface area contributed by atoms with Gasteiger partial charge in [-0.05, 0) is 56.5 Å². The first kappa shape index (κ1) is 9.47. The maximum Gasteiger partial charge on any atom is 0.00420 e. The fourth-order valence-corrected chi connectivity index (χ4v) is 2.46. The van der Waals surface area contributed by atoms with Crippen LogP contribution in [0.1, 0.15) is 32.6 Å². The number of rotatable bonds is 4. The Labute approximate surface area is 81.3 Å². The molecule has 0 spiro atoms. The normalized spacial score (nSPS) is 43.8. The summed E-state index contributed by atoms with van der Waals surface area (Å²) in [5.74, 6) is 2.83. The third kappa shape index (κ3) is 2.68. The molecule has 2 saturated carbocycles. The van der Waals surface area contributed by atoms with Crippen LogP contribution in [-0.2, 0) is 0 Å². The van der Waals surface area contributed by atoms with Gasteiger partial charge in [-0.3, -0.25) is 0 Å². The first-order valence-corrected chi connectivity index (χ1v) is 5.72. The Balaban J connectivity index is 1.53. The number of hydrogen-bond acceptors (Lipinski definition) is 2. The van der Waals surface area contributed by atoms with Gasteiger partial charge in [-0.15, -0.1) is 0 Å². The third-order valence-electron chi connectivity index (χ3n) is 3.70. The molecule has 76 valence electrons. The lowest BCUT2D eigenvalue weighted by atomic mass is 10.1. The highest BCUT2D eigenvalue weighted by atomic mass is 14.9. The molecule has 3 N–H and O–H groups in total. The van der Waals surface area contributed by atoms with Crippen molar-refractivity contribution in [2.24, 2.45) is 23.5 Å². The minimum Gasteiger partial charge on any atom is -0.328 e. The summed E-state index contributed by atoms with van der Waals surface area (Å²) in [5.41, 5.74) is 5.86. The summed E-state index contributed by atoms with van der Waals surface area (Å²) < 4.78 is 0. The van der Waals surface area contributed by atoms with E-state index in [0.717, 1.165) is 17.8 Å². The van der Waals surface area contributed by atoms with Gasteiger partial charge in [0.05, 0.1) is 0 Å². The van der Waals surface area contributed by atoms with Crippen LogP contribution in [0.4, 0.5) is 0 Å². The summed E-state index contributed by atoms with van der Waals surface area (Å²) in [6.45, 7) is 4.79. The molecule has 2 nitrogen and oxygen atoms in total. The van der Waals surface area contributed by atoms with E-state index in [0.29, 0.717) is 6.04 Å². The molecule has 0 heterocycles. The SMILES string of the molecule is CC1CC1CNCC1CCC(N)C1. The fourth-order valence-electron chi connectivity index (χ4n) is 2.46. The van der Waals surface area contributed by atoms with E-state index in [1.807, 2.05) is 0 Å². The average Bonchev–Trinajstić information content (AvgIpc) is 2.60. The van der Waals surface area contributed by atoms with Crippen LogP contribution in [0.3, 0.4) is 0 Å². The molecule has 0 aromatic rings. The van der Waals surface area contributed by atoms with E-state index in [4.69, 9.17) is 5.73 Å². The average molecular weight is 182 g/mol. The van der Waals surface area contributed by atoms with Gasteiger partial charge in [0.15, 0.2) is 0 Å². The zero-order valence-electron chi connectivity index (χ0n) is 8.63. The van der Waals surface area contributed by atoms with Crippen LogP contribution in [0.2, 0.25) is 0 Å². The molecule has 2 rings (SSSR count). The van der Waals surface area contributed by atoms with Crippen molar-refractivity contribution >= 4 is 0 Å². The van der Waals surface area contributed by atoms with Gasteiger partial charge in [0.25, 0.3) is 0 Å². The molecule has 0 aromatic carbocycles. The van der Waals surface area contributed by atoms with Gasteiger partial charge in [0, 0.05) is 6.04 Å². The fraction of sp³-hybridized carbons (Fsp3) is 1.00. The van der Waals surface area contributed by atoms with Crippen molar-refractivity contribution in [1.82, 2.24) is 5.32 Å². The Morgan fingerprint density at radius 1 is 1.23 bits per heavy atom. The van der Waals surface area contributed by atoms with E-state index in [-0.39, 0.29) is 0 Å². The second kappa shape index (κ2) is 3.97. The molecule has 2 fully saturated rings. The molecule has 0 bridgehead atoms. The standard InChI is InChI=1S/C11H22N2/c1-8-4-10(8)7-13-6-9-2-3-11(12)5-9/h8-11,13H,2-7,12H2,1H3. The molecule has 2 aliphatic rings. The van der Waals surface area contributed by atoms with Gasteiger partial charge in [0.2, 0.25) is 0 Å². The number of nitrogens with two attached hydrogens (primary N) is 1. The van der Waals surface area contributed by atoms with Crippen LogP contribution in [0.25, 0.3) is 0 Å². The molecule has 2 aliphatic carbocycles. The molecule has 0 amide bonds. The highest BCUT2D eigenvalue weighted by molar-refractivity contribution is 4.85. The Bertz CT molecular complexity index is 169. The summed E-state index contributed by atoms with van der Waals surface area (Å²) in [4.78, 5) is 0. The lowest BCUT2D eigenvalue weighted by Crippen LogP contribution is -2.25. The molecule has 4 unspecified atom stereocenters. The van der Waals surface area contributed by atoms with Gasteiger partial charge in [-0.25, -0.2) is 0 Å². The third-order valence-corrected chi connectivity index (χ3v) is 3.70. The van der Waals surface area contributed by atoms with E-state index in [1.165, 1.54) is 38.8 Å². The second-order valence-electron chi connectivity index (χ2n) is 5.07. The Hall–Kier alpha value is -0.0800. The number of hydrogen-bond donors (Lipinski definition) is 2. The maximum atomic E-state index is 5.86. The van der Waals surface area contributed by atoms with E-state index in [2.05, 4.69) is 12.2 Å². The lowest BCUT2D eigenvalue weighted by molar-refractivity contribution is 0.471. The summed E-state index contributed by atoms with van der Waals surface area (Å²) in [5, 5.41) is 3.58. The Morgan fingerprint density at radius 3 is 2.54 bits per heavy atom. The van der Waals surface area contributed by atoms with Crippen LogP contribution in [0, 0.1) is 17.8 Å². The predicted octanol–water partition coefficient (Wildman–Crippen LogP) is 1.36. The maximum absolute atomic E-state index is 5.86. The van der Waals surface area contributed by atoms with Crippen LogP contribution >= 0.6 is 0 Å². The van der Waals surface area contributed by atoms with E-state index < -0.39 is 0 Å². The van der Waals surface area contributed by atoms with Crippen molar-refractivity contribution in [3.05, 3.63) is 0 Å². The molecule has 0 radical (unpaired) electrons. The van der Waals surface area contributed by atoms with Crippen molar-refractivity contribution in [3.8, 4) is 0 Å². The van der Waals surface area contributed by atoms with Crippen molar-refractivity contribution in [2.75, 3.05) is 13.1 Å². The minimum absolute atomic E-state index is 0.492. The summed E-state index contributed by atoms with van der Waals surface area (Å²) in [6.07, 6.45) is 5.27. The lowest BCUT2D eigenvalue weighted by Gasteiger charge is -2.10. The molecule has 4 atom stereocenters. The first-order chi connectivity index (χ1) is 6.25. The van der Waals surface area contributed by atoms with Gasteiger partial charge in [-0.2, -0.15) is 0 Å². The smallest absolute Gasteiger partial charge is 0.00420 e. The van der Waals surface area contributed by atoms with Crippen LogP contribution < -0.4 is 11.1 Å². The van der Waals surface area contributed by atoms with Crippen molar-refractivity contribution in [1.29, 1.82) is 0 Å². The van der Waals surface area contributed by atoms with E-state index >= 15 is 0 Å². The molecule has 0 aromatic heterocycles. The topological polar surface area (TPSA) is 38.0 Å². The van der Waals surface area contributed by atoms with Gasteiger partial charge >= 0.3 is 0 Å². The molecule has 13 heavy (non-hydrogen) atoms. The van der Waals surface area contributed by atoms with Crippen molar-refractivity contribution in [2.45, 2.75) is 38.6 Å². The van der Waals surface area contributed by atoms with Crippen molar-refractivity contribution < 1.29 is 0 Å². The van der Waals surface area contributed by atoms with Gasteiger partial charge in [-0.1, -0.05) is 6.92 Å². The quantitative estimate of drug-likeness (QED) is 0.689. The largest absolute Gasteiger partial charge is 0.328 e. The second-order valence-corrected chi connectivity index (χ2v) is 5.07. The summed E-state index contributed by atoms with van der Waals surface area (Å²) in [7, 11) is 0. The predicted molar refractivity (Wildman–Crippen MR) is 55.5 cm³/mol. The van der Waals surface area contributed by atoms with E-state index in [1.54, 1.807) is 0 Å². The highest BCUT2D eigenvalue weighted by Crippen LogP contribution is 2.36. The highest BCUT2D eigenvalue weighted by Gasteiger charge is 2.32. The summed E-state index contributed by atoms with van der Waals surface area (Å²) in [6, 6.07) is 0.492. The summed E-state index contributed by atoms with van der Waals surface area (Å²) >= 11 is 0. The Morgan fingerprint density at radius 2 is 2.00 bits per heavy atom. The zero-order chi connectivity index (χ0) is 9.26. The molecule has 2 heteroatoms. The van der Waals surface area contributed by atoms with Gasteiger partial charge < -0.3 is 11.1 Å². The first-order valence-electron chi connectivity index (χ1n) is 5.72. The van der Waals surface area contributed by atoms with Gasteiger partial charge in [0.1, 0.15) is 0 Å². The van der Waals surface area contributed by atoms with Crippen LogP contribution in [0.5, 0.6) is 0 Å². The minimum atomic E-state index is 0.492. The zero-order valence-corrected chi connectivity index (χ0v) is 8.63. The Kier molecular flexibility index (Phi) is 2.89.